The van der Waals surface area contributed by atoms with E-state index in [2.05, 4.69) is 48.4 Å². The van der Waals surface area contributed by atoms with E-state index in [1.54, 1.807) is 32.4 Å². The number of aromatic nitrogens is 3. The number of fused-ring (bicyclic) bond motifs is 3. The summed E-state index contributed by atoms with van der Waals surface area (Å²) >= 11 is 1.37. The number of thioether (sulfide) groups is 1. The highest BCUT2D eigenvalue weighted by atomic mass is 32.2. The number of methoxy groups -OCH3 is 2. The fraction of sp³-hybridized carbons (Fsp3) is 0.292. The Morgan fingerprint density at radius 1 is 1.03 bits per heavy atom. The van der Waals surface area contributed by atoms with E-state index in [1.807, 2.05) is 17.4 Å². The summed E-state index contributed by atoms with van der Waals surface area (Å²) < 4.78 is 12.6. The topological polar surface area (TPSA) is 77.8 Å². The molecule has 2 aromatic heterocycles. The maximum absolute atomic E-state index is 13.0. The summed E-state index contributed by atoms with van der Waals surface area (Å²) in [6, 6.07) is 11.6. The van der Waals surface area contributed by atoms with Gasteiger partial charge in [-0.1, -0.05) is 23.4 Å². The minimum atomic E-state index is -0.406. The zero-order valence-electron chi connectivity index (χ0n) is 19.0. The van der Waals surface area contributed by atoms with Gasteiger partial charge in [0.05, 0.1) is 30.7 Å². The minimum Gasteiger partial charge on any atom is -0.497 e. The number of hydrogen-bond donors (Lipinski definition) is 1. The molecule has 7 nitrogen and oxygen atoms in total. The third-order valence-electron chi connectivity index (χ3n) is 5.42. The smallest absolute Gasteiger partial charge is 0.237 e. The Hall–Kier alpha value is -3.26. The van der Waals surface area contributed by atoms with Gasteiger partial charge in [-0.15, -0.1) is 10.2 Å². The molecule has 4 aromatic rings. The number of benzene rings is 2. The largest absolute Gasteiger partial charge is 0.497 e. The van der Waals surface area contributed by atoms with Gasteiger partial charge in [-0.05, 0) is 63.1 Å². The van der Waals surface area contributed by atoms with Crippen LogP contribution in [0.2, 0.25) is 0 Å². The summed E-state index contributed by atoms with van der Waals surface area (Å²) in [5.41, 5.74) is 5.94. The van der Waals surface area contributed by atoms with Gasteiger partial charge in [0.1, 0.15) is 11.5 Å². The molecule has 32 heavy (non-hydrogen) atoms. The van der Waals surface area contributed by atoms with E-state index in [1.165, 1.54) is 17.3 Å². The average Bonchev–Trinajstić information content (AvgIpc) is 3.15. The van der Waals surface area contributed by atoms with Gasteiger partial charge in [0.25, 0.3) is 0 Å². The second kappa shape index (κ2) is 8.70. The van der Waals surface area contributed by atoms with Crippen LogP contribution in [0.3, 0.4) is 0 Å². The predicted molar refractivity (Wildman–Crippen MR) is 128 cm³/mol. The SMILES string of the molecule is COc1ccc(NC(=O)C(C)Sc2nnc3cc(C)c4cc(C)cc(C)c4n23)c(OC)c1. The van der Waals surface area contributed by atoms with Crippen LogP contribution < -0.4 is 14.8 Å². The molecule has 2 heterocycles. The Labute approximate surface area is 191 Å². The molecule has 0 spiro atoms. The molecule has 0 saturated carbocycles. The van der Waals surface area contributed by atoms with Crippen LogP contribution in [0.1, 0.15) is 23.6 Å². The molecule has 0 aliphatic carbocycles. The molecule has 0 radical (unpaired) electrons. The van der Waals surface area contributed by atoms with Gasteiger partial charge in [-0.25, -0.2) is 0 Å². The van der Waals surface area contributed by atoms with Gasteiger partial charge in [0.2, 0.25) is 5.91 Å². The molecule has 1 N–H and O–H groups in total. The average molecular weight is 451 g/mol. The number of ether oxygens (including phenoxy) is 2. The molecule has 166 valence electrons. The summed E-state index contributed by atoms with van der Waals surface area (Å²) in [6.07, 6.45) is 0. The van der Waals surface area contributed by atoms with Crippen molar-refractivity contribution in [1.29, 1.82) is 0 Å². The third-order valence-corrected chi connectivity index (χ3v) is 6.46. The highest BCUT2D eigenvalue weighted by molar-refractivity contribution is 8.00. The van der Waals surface area contributed by atoms with Crippen LogP contribution in [0.15, 0.2) is 41.6 Å². The highest BCUT2D eigenvalue weighted by Gasteiger charge is 2.21. The van der Waals surface area contributed by atoms with Crippen molar-refractivity contribution in [3.8, 4) is 11.5 Å². The standard InChI is InChI=1S/C24H26N4O3S/c1-13-9-15(3)22-18(10-13)14(2)11-21-26-27-24(28(21)22)32-16(4)23(29)25-19-8-7-17(30-5)12-20(19)31-6/h7-12,16H,1-6H3,(H,25,29). The maximum Gasteiger partial charge on any atom is 0.237 e. The van der Waals surface area contributed by atoms with E-state index in [-0.39, 0.29) is 5.91 Å². The molecular formula is C24H26N4O3S. The van der Waals surface area contributed by atoms with Gasteiger partial charge < -0.3 is 14.8 Å². The normalized spacial score (nSPS) is 12.2. The van der Waals surface area contributed by atoms with Gasteiger partial charge in [0, 0.05) is 11.5 Å². The molecule has 0 aliphatic rings. The monoisotopic (exact) mass is 450 g/mol. The van der Waals surface area contributed by atoms with E-state index in [0.717, 1.165) is 27.7 Å². The number of anilines is 1. The Morgan fingerprint density at radius 3 is 2.53 bits per heavy atom. The molecule has 8 heteroatoms. The number of carbonyl (C=O) groups is 1. The molecule has 1 amide bonds. The number of nitrogens with zero attached hydrogens (tertiary/aromatic N) is 3. The quantitative estimate of drug-likeness (QED) is 0.419. The third kappa shape index (κ3) is 3.98. The summed E-state index contributed by atoms with van der Waals surface area (Å²) in [4.78, 5) is 13.0. The van der Waals surface area contributed by atoms with Crippen LogP contribution in [0.5, 0.6) is 11.5 Å². The number of rotatable bonds is 6. The first-order chi connectivity index (χ1) is 15.3. The van der Waals surface area contributed by atoms with Crippen LogP contribution in [0.4, 0.5) is 5.69 Å². The van der Waals surface area contributed by atoms with Crippen LogP contribution in [-0.4, -0.2) is 40.0 Å². The van der Waals surface area contributed by atoms with Crippen LogP contribution in [0, 0.1) is 20.8 Å². The predicted octanol–water partition coefficient (Wildman–Crippen LogP) is 4.94. The van der Waals surface area contributed by atoms with Crippen molar-refractivity contribution in [3.63, 3.8) is 0 Å². The number of hydrogen-bond acceptors (Lipinski definition) is 6. The van der Waals surface area contributed by atoms with Crippen LogP contribution in [-0.2, 0) is 4.79 Å². The molecule has 2 aromatic carbocycles. The van der Waals surface area contributed by atoms with Crippen molar-refractivity contribution in [2.24, 2.45) is 0 Å². The Balaban J connectivity index is 1.65. The lowest BCUT2D eigenvalue weighted by atomic mass is 10.0. The van der Waals surface area contributed by atoms with Gasteiger partial charge in [-0.3, -0.25) is 9.20 Å². The van der Waals surface area contributed by atoms with Crippen molar-refractivity contribution in [2.75, 3.05) is 19.5 Å². The molecular weight excluding hydrogens is 424 g/mol. The second-order valence-electron chi connectivity index (χ2n) is 7.80. The zero-order chi connectivity index (χ0) is 23.0. The first kappa shape index (κ1) is 22.0. The van der Waals surface area contributed by atoms with Crippen molar-refractivity contribution in [3.05, 3.63) is 53.1 Å². The lowest BCUT2D eigenvalue weighted by Crippen LogP contribution is -2.23. The Bertz CT molecular complexity index is 1330. The number of nitrogens with one attached hydrogen (secondary N) is 1. The van der Waals surface area contributed by atoms with Crippen LogP contribution >= 0.6 is 11.8 Å². The van der Waals surface area contributed by atoms with Crippen molar-refractivity contribution >= 4 is 39.9 Å². The zero-order valence-corrected chi connectivity index (χ0v) is 19.8. The molecule has 0 bridgehead atoms. The number of carbonyl (C=O) groups excluding carboxylic acids is 1. The molecule has 0 aliphatic heterocycles. The van der Waals surface area contributed by atoms with Crippen LogP contribution in [0.25, 0.3) is 16.6 Å². The molecule has 1 unspecified atom stereocenters. The first-order valence-electron chi connectivity index (χ1n) is 10.3. The van der Waals surface area contributed by atoms with E-state index in [4.69, 9.17) is 9.47 Å². The van der Waals surface area contributed by atoms with Gasteiger partial charge >= 0.3 is 0 Å². The molecule has 0 saturated heterocycles. The Morgan fingerprint density at radius 2 is 1.81 bits per heavy atom. The summed E-state index contributed by atoms with van der Waals surface area (Å²) in [6.45, 7) is 8.12. The molecule has 1 atom stereocenters. The van der Waals surface area contributed by atoms with Crippen molar-refractivity contribution in [2.45, 2.75) is 38.1 Å². The fourth-order valence-electron chi connectivity index (χ4n) is 3.84. The lowest BCUT2D eigenvalue weighted by molar-refractivity contribution is -0.115. The summed E-state index contributed by atoms with van der Waals surface area (Å²) in [5, 5.41) is 13.1. The number of amides is 1. The lowest BCUT2D eigenvalue weighted by Gasteiger charge is -2.15. The molecule has 0 fully saturated rings. The van der Waals surface area contributed by atoms with Crippen molar-refractivity contribution in [1.82, 2.24) is 14.6 Å². The van der Waals surface area contributed by atoms with E-state index in [0.29, 0.717) is 22.3 Å². The number of pyridine rings is 1. The summed E-state index contributed by atoms with van der Waals surface area (Å²) in [5.74, 6) is 1.04. The first-order valence-corrected chi connectivity index (χ1v) is 11.2. The van der Waals surface area contributed by atoms with Gasteiger partial charge in [-0.2, -0.15) is 0 Å². The Kier molecular flexibility index (Phi) is 5.97. The van der Waals surface area contributed by atoms with E-state index in [9.17, 15) is 4.79 Å². The summed E-state index contributed by atoms with van der Waals surface area (Å²) in [7, 11) is 3.14. The second-order valence-corrected chi connectivity index (χ2v) is 9.11. The molecule has 4 rings (SSSR count). The van der Waals surface area contributed by atoms with Gasteiger partial charge in [0.15, 0.2) is 10.8 Å². The van der Waals surface area contributed by atoms with E-state index < -0.39 is 5.25 Å². The minimum absolute atomic E-state index is 0.154. The van der Waals surface area contributed by atoms with E-state index >= 15 is 0 Å². The highest BCUT2D eigenvalue weighted by Crippen LogP contribution is 2.32. The number of aryl methyl sites for hydroxylation is 3. The fourth-order valence-corrected chi connectivity index (χ4v) is 4.70. The van der Waals surface area contributed by atoms with Crippen molar-refractivity contribution < 1.29 is 14.3 Å². The maximum atomic E-state index is 13.0.